The first-order valence-corrected chi connectivity index (χ1v) is 11.3. The molecule has 6 nitrogen and oxygen atoms in total. The summed E-state index contributed by atoms with van der Waals surface area (Å²) in [6.45, 7) is 5.55. The molecule has 1 N–H and O–H groups in total. The van der Waals surface area contributed by atoms with Crippen LogP contribution in [0, 0.1) is 11.8 Å². The number of nitrogens with zero attached hydrogens (tertiary/aromatic N) is 1. The van der Waals surface area contributed by atoms with Crippen LogP contribution in [0.2, 0.25) is 0 Å². The average molecular weight is 417 g/mol. The van der Waals surface area contributed by atoms with E-state index in [1.165, 1.54) is 12.1 Å². The number of sulfonamides is 1. The highest BCUT2D eigenvalue weighted by Gasteiger charge is 2.31. The van der Waals surface area contributed by atoms with Gasteiger partial charge < -0.3 is 10.1 Å². The Bertz CT molecular complexity index is 947. The molecular weight excluding hydrogens is 388 g/mol. The van der Waals surface area contributed by atoms with E-state index in [1.54, 1.807) is 23.5 Å². The third-order valence-corrected chi connectivity index (χ3v) is 7.07. The molecule has 1 aliphatic rings. The van der Waals surface area contributed by atoms with Crippen molar-refractivity contribution in [2.75, 3.05) is 20.2 Å². The molecule has 1 fully saturated rings. The summed E-state index contributed by atoms with van der Waals surface area (Å²) in [6.07, 6.45) is 1.04. The number of carbonyl (C=O) groups is 1. The molecule has 0 radical (unpaired) electrons. The van der Waals surface area contributed by atoms with Gasteiger partial charge in [-0.1, -0.05) is 32.0 Å². The topological polar surface area (TPSA) is 75.7 Å². The summed E-state index contributed by atoms with van der Waals surface area (Å²) in [6, 6.07) is 13.6. The Morgan fingerprint density at radius 2 is 1.69 bits per heavy atom. The molecule has 0 unspecified atom stereocenters. The number of nitrogens with one attached hydrogen (secondary N) is 1. The third-order valence-electron chi connectivity index (χ3n) is 5.22. The zero-order chi connectivity index (χ0) is 21.0. The maximum absolute atomic E-state index is 13.0. The van der Waals surface area contributed by atoms with Crippen LogP contribution in [0.3, 0.4) is 0 Å². The van der Waals surface area contributed by atoms with E-state index in [-0.39, 0.29) is 10.8 Å². The molecule has 1 saturated heterocycles. The van der Waals surface area contributed by atoms with Crippen molar-refractivity contribution in [2.24, 2.45) is 11.8 Å². The van der Waals surface area contributed by atoms with E-state index in [9.17, 15) is 13.2 Å². The SMILES string of the molecule is COc1ccccc1CNC(=O)c1ccc(S(=O)(=O)N2C[C@H](C)C[C@H](C)C2)cc1. The highest BCUT2D eigenvalue weighted by Crippen LogP contribution is 2.26. The molecule has 1 heterocycles. The van der Waals surface area contributed by atoms with E-state index in [0.29, 0.717) is 42.8 Å². The molecule has 0 aliphatic carbocycles. The Morgan fingerprint density at radius 1 is 1.07 bits per heavy atom. The van der Waals surface area contributed by atoms with Gasteiger partial charge in [0.25, 0.3) is 5.91 Å². The standard InChI is InChI=1S/C22H28N2O4S/c1-16-12-17(2)15-24(14-16)29(26,27)20-10-8-18(9-11-20)22(25)23-13-19-6-4-5-7-21(19)28-3/h4-11,16-17H,12-15H2,1-3H3,(H,23,25)/t16-,17+. The van der Waals surface area contributed by atoms with Crippen molar-refractivity contribution in [1.29, 1.82) is 0 Å². The molecule has 156 valence electrons. The predicted octanol–water partition coefficient (Wildman–Crippen LogP) is 3.29. The second kappa shape index (κ2) is 8.97. The van der Waals surface area contributed by atoms with Crippen molar-refractivity contribution < 1.29 is 17.9 Å². The van der Waals surface area contributed by atoms with E-state index < -0.39 is 10.0 Å². The van der Waals surface area contributed by atoms with E-state index >= 15 is 0 Å². The minimum absolute atomic E-state index is 0.222. The zero-order valence-electron chi connectivity index (χ0n) is 17.1. The summed E-state index contributed by atoms with van der Waals surface area (Å²) >= 11 is 0. The Morgan fingerprint density at radius 3 is 2.31 bits per heavy atom. The van der Waals surface area contributed by atoms with Crippen molar-refractivity contribution in [3.8, 4) is 5.75 Å². The maximum Gasteiger partial charge on any atom is 0.251 e. The van der Waals surface area contributed by atoms with Crippen LogP contribution in [-0.4, -0.2) is 38.8 Å². The third kappa shape index (κ3) is 4.97. The van der Waals surface area contributed by atoms with Crippen LogP contribution in [0.15, 0.2) is 53.4 Å². The number of benzene rings is 2. The number of ether oxygens (including phenoxy) is 1. The first-order chi connectivity index (χ1) is 13.8. The molecule has 2 atom stereocenters. The van der Waals surface area contributed by atoms with Gasteiger partial charge in [-0.3, -0.25) is 4.79 Å². The molecule has 0 bridgehead atoms. The molecule has 1 aliphatic heterocycles. The van der Waals surface area contributed by atoms with Gasteiger partial charge in [0.15, 0.2) is 0 Å². The van der Waals surface area contributed by atoms with Gasteiger partial charge in [-0.25, -0.2) is 8.42 Å². The fourth-order valence-corrected chi connectivity index (χ4v) is 5.54. The average Bonchev–Trinajstić information content (AvgIpc) is 2.71. The number of hydrogen-bond acceptors (Lipinski definition) is 4. The molecular formula is C22H28N2O4S. The quantitative estimate of drug-likeness (QED) is 0.784. The minimum atomic E-state index is -3.55. The van der Waals surface area contributed by atoms with Gasteiger partial charge in [0.1, 0.15) is 5.75 Å². The van der Waals surface area contributed by atoms with Crippen molar-refractivity contribution >= 4 is 15.9 Å². The molecule has 1 amide bonds. The molecule has 2 aromatic rings. The first-order valence-electron chi connectivity index (χ1n) is 9.81. The number of carbonyl (C=O) groups excluding carboxylic acids is 1. The second-order valence-electron chi connectivity index (χ2n) is 7.79. The fraction of sp³-hybridized carbons (Fsp3) is 0.409. The van der Waals surface area contributed by atoms with Gasteiger partial charge in [-0.05, 0) is 48.6 Å². The minimum Gasteiger partial charge on any atom is -0.496 e. The van der Waals surface area contributed by atoms with Gasteiger partial charge in [-0.15, -0.1) is 0 Å². The largest absolute Gasteiger partial charge is 0.496 e. The smallest absolute Gasteiger partial charge is 0.251 e. The number of amides is 1. The number of rotatable bonds is 6. The number of hydrogen-bond donors (Lipinski definition) is 1. The molecule has 2 aromatic carbocycles. The van der Waals surface area contributed by atoms with Gasteiger partial charge in [0.2, 0.25) is 10.0 Å². The highest BCUT2D eigenvalue weighted by atomic mass is 32.2. The van der Waals surface area contributed by atoms with Crippen LogP contribution >= 0.6 is 0 Å². The summed E-state index contributed by atoms with van der Waals surface area (Å²) in [5, 5.41) is 2.84. The van der Waals surface area contributed by atoms with Crippen LogP contribution in [0.1, 0.15) is 36.2 Å². The lowest BCUT2D eigenvalue weighted by molar-refractivity contribution is 0.0950. The van der Waals surface area contributed by atoms with E-state index in [2.05, 4.69) is 19.2 Å². The monoisotopic (exact) mass is 416 g/mol. The summed E-state index contributed by atoms with van der Waals surface area (Å²) in [4.78, 5) is 12.7. The summed E-state index contributed by atoms with van der Waals surface area (Å²) in [5.74, 6) is 1.13. The number of piperidine rings is 1. The van der Waals surface area contributed by atoms with Crippen molar-refractivity contribution in [1.82, 2.24) is 9.62 Å². The van der Waals surface area contributed by atoms with E-state index in [1.807, 2.05) is 24.3 Å². The molecule has 29 heavy (non-hydrogen) atoms. The van der Waals surface area contributed by atoms with Crippen LogP contribution in [0.25, 0.3) is 0 Å². The highest BCUT2D eigenvalue weighted by molar-refractivity contribution is 7.89. The first kappa shape index (κ1) is 21.3. The normalized spacial score (nSPS) is 20.2. The van der Waals surface area contributed by atoms with Crippen LogP contribution < -0.4 is 10.1 Å². The van der Waals surface area contributed by atoms with Gasteiger partial charge >= 0.3 is 0 Å². The number of para-hydroxylation sites is 1. The lowest BCUT2D eigenvalue weighted by atomic mass is 9.94. The molecule has 0 saturated carbocycles. The van der Waals surface area contributed by atoms with Crippen molar-refractivity contribution in [2.45, 2.75) is 31.7 Å². The van der Waals surface area contributed by atoms with Gasteiger partial charge in [-0.2, -0.15) is 4.31 Å². The summed E-state index contributed by atoms with van der Waals surface area (Å²) in [5.41, 5.74) is 1.29. The molecule has 7 heteroatoms. The Balaban J connectivity index is 1.68. The predicted molar refractivity (Wildman–Crippen MR) is 112 cm³/mol. The van der Waals surface area contributed by atoms with Crippen LogP contribution in [0.5, 0.6) is 5.75 Å². The van der Waals surface area contributed by atoms with Crippen molar-refractivity contribution in [3.05, 3.63) is 59.7 Å². The lowest BCUT2D eigenvalue weighted by Crippen LogP contribution is -2.42. The molecule has 0 spiro atoms. The van der Waals surface area contributed by atoms with Crippen LogP contribution in [-0.2, 0) is 16.6 Å². The fourth-order valence-electron chi connectivity index (χ4n) is 3.86. The second-order valence-corrected chi connectivity index (χ2v) is 9.72. The molecule has 3 rings (SSSR count). The Hall–Kier alpha value is -2.38. The van der Waals surface area contributed by atoms with Crippen molar-refractivity contribution in [3.63, 3.8) is 0 Å². The Labute approximate surface area is 172 Å². The van der Waals surface area contributed by atoms with E-state index in [4.69, 9.17) is 4.74 Å². The summed E-state index contributed by atoms with van der Waals surface area (Å²) in [7, 11) is -1.96. The van der Waals surface area contributed by atoms with E-state index in [0.717, 1.165) is 12.0 Å². The maximum atomic E-state index is 13.0. The summed E-state index contributed by atoms with van der Waals surface area (Å²) < 4.78 is 32.7. The van der Waals surface area contributed by atoms with Crippen LogP contribution in [0.4, 0.5) is 0 Å². The molecule has 0 aromatic heterocycles. The van der Waals surface area contributed by atoms with Gasteiger partial charge in [0, 0.05) is 30.8 Å². The Kier molecular flexibility index (Phi) is 6.59. The lowest BCUT2D eigenvalue weighted by Gasteiger charge is -2.34. The van der Waals surface area contributed by atoms with Gasteiger partial charge in [0.05, 0.1) is 12.0 Å². The number of methoxy groups -OCH3 is 1. The zero-order valence-corrected chi connectivity index (χ0v) is 17.9.